The monoisotopic (exact) mass is 850 g/mol. The normalized spacial score (nSPS) is 17.6. The second-order valence-electron chi connectivity index (χ2n) is 19.3. The van der Waals surface area contributed by atoms with Crippen LogP contribution >= 0.6 is 0 Å². The molecular formula is C52H66Cl2Zr. The van der Waals surface area contributed by atoms with Crippen molar-refractivity contribution in [2.75, 3.05) is 0 Å². The van der Waals surface area contributed by atoms with Gasteiger partial charge in [-0.25, -0.2) is 0 Å². The third-order valence-corrected chi connectivity index (χ3v) is 26.3. The number of hydrogen-bond donors (Lipinski definition) is 0. The molecule has 4 aromatic rings. The van der Waals surface area contributed by atoms with Crippen LogP contribution in [0.3, 0.4) is 0 Å². The second kappa shape index (κ2) is 16.6. The molecule has 0 radical (unpaired) electrons. The van der Waals surface area contributed by atoms with Crippen LogP contribution in [0.25, 0.3) is 34.4 Å². The molecule has 3 aliphatic rings. The zero-order valence-corrected chi connectivity index (χ0v) is 40.0. The van der Waals surface area contributed by atoms with Gasteiger partial charge in [-0.3, -0.25) is 0 Å². The summed E-state index contributed by atoms with van der Waals surface area (Å²) >= 11 is -2.93. The molecule has 1 aliphatic heterocycles. The van der Waals surface area contributed by atoms with E-state index in [4.69, 9.17) is 0 Å². The van der Waals surface area contributed by atoms with E-state index in [0.717, 1.165) is 0 Å². The SMILES string of the molecule is CCCCC1=Cc2c(-c3ccc(C(C)(C)C)cc3)c(C)cc(C)c2[CH]1[Zr+2]1([CH]2C(CCCC)=Cc3c(-c4ccc(C(C)(C)C)cc4)c(C)cc(C)c32)[CH2][CH2]1.[Cl-].[Cl-]. The van der Waals surface area contributed by atoms with Crippen LogP contribution in [0.15, 0.2) is 71.8 Å². The predicted octanol–water partition coefficient (Wildman–Crippen LogP) is 9.82. The van der Waals surface area contributed by atoms with Gasteiger partial charge in [0.1, 0.15) is 0 Å². The molecular weight excluding hydrogens is 787 g/mol. The van der Waals surface area contributed by atoms with Gasteiger partial charge in [-0.15, -0.1) is 0 Å². The van der Waals surface area contributed by atoms with Crippen molar-refractivity contribution in [1.29, 1.82) is 0 Å². The molecule has 1 fully saturated rings. The third-order valence-electron chi connectivity index (χ3n) is 13.3. The Kier molecular flexibility index (Phi) is 13.3. The van der Waals surface area contributed by atoms with Gasteiger partial charge in [0.15, 0.2) is 0 Å². The smallest absolute Gasteiger partial charge is 1.00 e. The van der Waals surface area contributed by atoms with Crippen molar-refractivity contribution in [2.24, 2.45) is 0 Å². The molecule has 2 atom stereocenters. The maximum absolute atomic E-state index is 2.93. The molecule has 0 aromatic heterocycles. The first-order valence-corrected chi connectivity index (χ1v) is 27.3. The van der Waals surface area contributed by atoms with Crippen LogP contribution in [-0.2, 0) is 31.1 Å². The van der Waals surface area contributed by atoms with Crippen molar-refractivity contribution in [2.45, 2.75) is 148 Å². The van der Waals surface area contributed by atoms with E-state index in [2.05, 4.69) is 156 Å². The molecule has 3 heteroatoms. The molecule has 0 nitrogen and oxygen atoms in total. The van der Waals surface area contributed by atoms with Crippen LogP contribution in [-0.4, -0.2) is 0 Å². The minimum atomic E-state index is -2.93. The fraction of sp³-hybridized carbons (Fsp3) is 0.462. The second-order valence-corrected chi connectivity index (χ2v) is 30.7. The molecule has 0 saturated carbocycles. The van der Waals surface area contributed by atoms with Crippen molar-refractivity contribution < 1.29 is 45.1 Å². The molecule has 2 unspecified atom stereocenters. The molecule has 4 aromatic carbocycles. The van der Waals surface area contributed by atoms with Gasteiger partial charge in [-0.1, -0.05) is 0 Å². The number of benzene rings is 4. The fourth-order valence-electron chi connectivity index (χ4n) is 10.5. The minimum absolute atomic E-state index is 0. The first-order chi connectivity index (χ1) is 25.1. The topological polar surface area (TPSA) is 0 Å². The standard InChI is InChI=1S/2C25H31.C2H4.2ClH.Zr/c2*1-7-8-9-19-15-22-17(2)14-18(3)24(23(22)16-19)20-10-12-21(13-11-20)25(4,5)6;1-2;;;/h2*10-16H,7-9H2,1-6H3;1-2H2;2*1H;/q;;;;;+2/p-2. The zero-order valence-electron chi connectivity index (χ0n) is 36.0. The fourth-order valence-corrected chi connectivity index (χ4v) is 28.5. The first kappa shape index (κ1) is 43.9. The van der Waals surface area contributed by atoms with Crippen molar-refractivity contribution >= 4 is 12.2 Å². The summed E-state index contributed by atoms with van der Waals surface area (Å²) in [5.41, 5.74) is 25.0. The van der Waals surface area contributed by atoms with Gasteiger partial charge in [0.2, 0.25) is 0 Å². The van der Waals surface area contributed by atoms with E-state index >= 15 is 0 Å². The molecule has 55 heavy (non-hydrogen) atoms. The van der Waals surface area contributed by atoms with Crippen LogP contribution in [0.2, 0.25) is 8.26 Å². The van der Waals surface area contributed by atoms with Gasteiger partial charge >= 0.3 is 330 Å². The summed E-state index contributed by atoms with van der Waals surface area (Å²) in [4.78, 5) is 0. The summed E-state index contributed by atoms with van der Waals surface area (Å²) in [5.74, 6) is 0. The summed E-state index contributed by atoms with van der Waals surface area (Å²) in [6, 6.07) is 24.3. The zero-order chi connectivity index (χ0) is 38.0. The van der Waals surface area contributed by atoms with Gasteiger partial charge in [0, 0.05) is 0 Å². The van der Waals surface area contributed by atoms with E-state index in [1.165, 1.54) is 91.3 Å². The summed E-state index contributed by atoms with van der Waals surface area (Å²) in [6.07, 6.45) is 13.1. The van der Waals surface area contributed by atoms with E-state index in [-0.39, 0.29) is 35.6 Å². The van der Waals surface area contributed by atoms with Crippen LogP contribution in [0, 0.1) is 27.7 Å². The Labute approximate surface area is 352 Å². The Bertz CT molecular complexity index is 1940. The van der Waals surface area contributed by atoms with E-state index in [9.17, 15) is 0 Å². The summed E-state index contributed by atoms with van der Waals surface area (Å²) in [5, 5.41) is 0. The maximum atomic E-state index is 2.75. The molecule has 7 rings (SSSR count). The summed E-state index contributed by atoms with van der Waals surface area (Å²) in [7, 11) is 0. The Morgan fingerprint density at radius 1 is 0.527 bits per heavy atom. The van der Waals surface area contributed by atoms with Gasteiger partial charge in [-0.2, -0.15) is 0 Å². The number of fused-ring (bicyclic) bond motifs is 2. The van der Waals surface area contributed by atoms with Crippen LogP contribution in [0.5, 0.6) is 0 Å². The first-order valence-electron chi connectivity index (χ1n) is 21.0. The van der Waals surface area contributed by atoms with Crippen LogP contribution in [0.4, 0.5) is 0 Å². The van der Waals surface area contributed by atoms with Crippen molar-refractivity contribution in [3.63, 3.8) is 0 Å². The quantitative estimate of drug-likeness (QED) is 0.149. The number of allylic oxidation sites excluding steroid dienone is 2. The Balaban J connectivity index is 0.00000290. The molecule has 1 saturated heterocycles. The van der Waals surface area contributed by atoms with E-state index in [1.807, 2.05) is 0 Å². The Morgan fingerprint density at radius 3 is 1.16 bits per heavy atom. The average Bonchev–Trinajstić information content (AvgIpc) is 3.64. The van der Waals surface area contributed by atoms with Gasteiger partial charge in [-0.05, 0) is 0 Å². The van der Waals surface area contributed by atoms with Gasteiger partial charge in [0.25, 0.3) is 0 Å². The summed E-state index contributed by atoms with van der Waals surface area (Å²) < 4.78 is 4.38. The number of aryl methyl sites for hydroxylation is 4. The number of rotatable bonds is 10. The van der Waals surface area contributed by atoms with E-state index < -0.39 is 20.3 Å². The largest absolute Gasteiger partial charge is 1.00 e. The molecule has 0 N–H and O–H groups in total. The van der Waals surface area contributed by atoms with Crippen LogP contribution < -0.4 is 24.8 Å². The van der Waals surface area contributed by atoms with Crippen molar-refractivity contribution in [3.8, 4) is 22.3 Å². The molecule has 0 bridgehead atoms. The van der Waals surface area contributed by atoms with E-state index in [0.29, 0.717) is 7.25 Å². The van der Waals surface area contributed by atoms with Crippen molar-refractivity contribution in [1.82, 2.24) is 0 Å². The summed E-state index contributed by atoms with van der Waals surface area (Å²) in [6.45, 7) is 28.3. The number of hydrogen-bond acceptors (Lipinski definition) is 0. The average molecular weight is 853 g/mol. The number of unbranched alkanes of at least 4 members (excludes halogenated alkanes) is 2. The Morgan fingerprint density at radius 2 is 0.873 bits per heavy atom. The third kappa shape index (κ3) is 8.00. The molecule has 2 aliphatic carbocycles. The van der Waals surface area contributed by atoms with Gasteiger partial charge < -0.3 is 24.8 Å². The van der Waals surface area contributed by atoms with Crippen molar-refractivity contribution in [3.05, 3.63) is 127 Å². The molecule has 0 spiro atoms. The molecule has 292 valence electrons. The Hall–Kier alpha value is -2.18. The maximum Gasteiger partial charge on any atom is -1.00 e. The van der Waals surface area contributed by atoms with E-state index in [1.54, 1.807) is 44.5 Å². The number of halogens is 2. The van der Waals surface area contributed by atoms with Gasteiger partial charge in [0.05, 0.1) is 0 Å². The molecule has 0 amide bonds. The predicted molar refractivity (Wildman–Crippen MR) is 230 cm³/mol. The minimum Gasteiger partial charge on any atom is -1.00 e. The molecule has 1 heterocycles. The van der Waals surface area contributed by atoms with Crippen LogP contribution in [0.1, 0.15) is 157 Å².